The van der Waals surface area contributed by atoms with Crippen molar-refractivity contribution in [3.63, 3.8) is 0 Å². The Labute approximate surface area is 204 Å². The molecule has 12 heteroatoms. The maximum Gasteiger partial charge on any atom is 0.350 e. The van der Waals surface area contributed by atoms with Crippen LogP contribution in [0.2, 0.25) is 4.34 Å². The molecule has 174 valence electrons. The van der Waals surface area contributed by atoms with E-state index in [4.69, 9.17) is 16.3 Å². The number of amides is 1. The number of thiophene rings is 1. The Bertz CT molecular complexity index is 1270. The molecule has 1 aliphatic heterocycles. The van der Waals surface area contributed by atoms with E-state index in [1.807, 2.05) is 18.2 Å². The predicted octanol–water partition coefficient (Wildman–Crippen LogP) is 4.49. The Morgan fingerprint density at radius 1 is 1.21 bits per heavy atom. The number of thiazole rings is 1. The molecule has 4 rings (SSSR count). The summed E-state index contributed by atoms with van der Waals surface area (Å²) in [6.07, 6.45) is 0.934. The first-order valence-electron chi connectivity index (χ1n) is 10.1. The summed E-state index contributed by atoms with van der Waals surface area (Å²) in [4.78, 5) is 30.3. The third-order valence-electron chi connectivity index (χ3n) is 4.98. The maximum atomic E-state index is 13.1. The molecule has 1 fully saturated rings. The van der Waals surface area contributed by atoms with Crippen molar-refractivity contribution in [3.8, 4) is 11.3 Å². The Balaban J connectivity index is 1.59. The number of nitrogens with zero attached hydrogens (tertiary/aromatic N) is 2. The minimum Gasteiger partial charge on any atom is -0.462 e. The van der Waals surface area contributed by atoms with E-state index in [1.54, 1.807) is 19.1 Å². The SMILES string of the molecule is CCOC(=O)c1sc(NC(=O)C2CCCN2S(=O)(=O)c2ccc(Cl)s2)nc1-c1ccccc1. The molecular weight excluding hydrogens is 506 g/mol. The molecule has 1 atom stereocenters. The van der Waals surface area contributed by atoms with Gasteiger partial charge in [-0.3, -0.25) is 4.79 Å². The fraction of sp³-hybridized carbons (Fsp3) is 0.286. The number of ether oxygens (including phenoxy) is 1. The van der Waals surface area contributed by atoms with Crippen molar-refractivity contribution in [2.24, 2.45) is 0 Å². The molecule has 3 aromatic rings. The van der Waals surface area contributed by atoms with Gasteiger partial charge in [-0.2, -0.15) is 4.31 Å². The highest BCUT2D eigenvalue weighted by Crippen LogP contribution is 2.34. The molecule has 1 amide bonds. The Morgan fingerprint density at radius 2 is 1.97 bits per heavy atom. The van der Waals surface area contributed by atoms with E-state index in [1.165, 1.54) is 16.4 Å². The number of esters is 1. The second-order valence-corrected chi connectivity index (χ2v) is 11.9. The zero-order chi connectivity index (χ0) is 23.6. The van der Waals surface area contributed by atoms with Crippen LogP contribution in [0, 0.1) is 0 Å². The first-order chi connectivity index (χ1) is 15.8. The first-order valence-corrected chi connectivity index (χ1v) is 13.6. The van der Waals surface area contributed by atoms with Crippen LogP contribution in [-0.2, 0) is 19.6 Å². The summed E-state index contributed by atoms with van der Waals surface area (Å²) in [5, 5.41) is 2.90. The third-order valence-corrected chi connectivity index (χ3v) is 9.54. The van der Waals surface area contributed by atoms with Crippen molar-refractivity contribution in [1.29, 1.82) is 0 Å². The average molecular weight is 526 g/mol. The molecule has 2 aromatic heterocycles. The quantitative estimate of drug-likeness (QED) is 0.455. The van der Waals surface area contributed by atoms with Gasteiger partial charge in [-0.05, 0) is 31.9 Å². The minimum absolute atomic E-state index is 0.0948. The molecule has 1 aromatic carbocycles. The fourth-order valence-corrected chi connectivity index (χ4v) is 7.68. The maximum absolute atomic E-state index is 13.1. The van der Waals surface area contributed by atoms with Gasteiger partial charge in [0.1, 0.15) is 15.1 Å². The molecule has 3 heterocycles. The highest BCUT2D eigenvalue weighted by molar-refractivity contribution is 7.91. The average Bonchev–Trinajstić information content (AvgIpc) is 3.54. The number of aromatic nitrogens is 1. The van der Waals surface area contributed by atoms with Gasteiger partial charge in [0.2, 0.25) is 5.91 Å². The van der Waals surface area contributed by atoms with Crippen LogP contribution in [0.1, 0.15) is 29.4 Å². The minimum atomic E-state index is -3.86. The number of hydrogen-bond donors (Lipinski definition) is 1. The molecule has 1 unspecified atom stereocenters. The van der Waals surface area contributed by atoms with Crippen LogP contribution in [-0.4, -0.2) is 48.8 Å². The first kappa shape index (κ1) is 23.8. The van der Waals surface area contributed by atoms with Crippen molar-refractivity contribution >= 4 is 61.3 Å². The monoisotopic (exact) mass is 525 g/mol. The van der Waals surface area contributed by atoms with Crippen LogP contribution in [0.15, 0.2) is 46.7 Å². The highest BCUT2D eigenvalue weighted by Gasteiger charge is 2.40. The van der Waals surface area contributed by atoms with Crippen LogP contribution in [0.3, 0.4) is 0 Å². The van der Waals surface area contributed by atoms with Gasteiger partial charge in [0.25, 0.3) is 10.0 Å². The summed E-state index contributed by atoms with van der Waals surface area (Å²) in [7, 11) is -3.86. The molecule has 1 saturated heterocycles. The number of benzene rings is 1. The predicted molar refractivity (Wildman–Crippen MR) is 128 cm³/mol. The molecule has 0 bridgehead atoms. The van der Waals surface area contributed by atoms with Gasteiger partial charge < -0.3 is 10.1 Å². The number of carbonyl (C=O) groups excluding carboxylic acids is 2. The van der Waals surface area contributed by atoms with Gasteiger partial charge in [-0.1, -0.05) is 53.3 Å². The second kappa shape index (κ2) is 9.90. The molecule has 1 aliphatic rings. The van der Waals surface area contributed by atoms with E-state index in [0.717, 1.165) is 22.7 Å². The number of halogens is 1. The smallest absolute Gasteiger partial charge is 0.350 e. The van der Waals surface area contributed by atoms with E-state index in [9.17, 15) is 18.0 Å². The van der Waals surface area contributed by atoms with E-state index in [2.05, 4.69) is 10.3 Å². The van der Waals surface area contributed by atoms with Crippen molar-refractivity contribution < 1.29 is 22.7 Å². The molecule has 0 aliphatic carbocycles. The summed E-state index contributed by atoms with van der Waals surface area (Å²) in [6, 6.07) is 11.2. The lowest BCUT2D eigenvalue weighted by Crippen LogP contribution is -2.42. The number of rotatable bonds is 7. The van der Waals surface area contributed by atoms with Gasteiger partial charge in [-0.25, -0.2) is 18.2 Å². The summed E-state index contributed by atoms with van der Waals surface area (Å²) < 4.78 is 32.9. The van der Waals surface area contributed by atoms with Gasteiger partial charge in [0, 0.05) is 12.1 Å². The van der Waals surface area contributed by atoms with Gasteiger partial charge >= 0.3 is 5.97 Å². The second-order valence-electron chi connectivity index (χ2n) is 7.10. The summed E-state index contributed by atoms with van der Waals surface area (Å²) >= 11 is 7.86. The summed E-state index contributed by atoms with van der Waals surface area (Å²) in [5.41, 5.74) is 1.11. The Morgan fingerprint density at radius 3 is 2.64 bits per heavy atom. The van der Waals surface area contributed by atoms with E-state index in [0.29, 0.717) is 28.4 Å². The lowest BCUT2D eigenvalue weighted by Gasteiger charge is -2.22. The van der Waals surface area contributed by atoms with E-state index in [-0.39, 0.29) is 27.4 Å². The lowest BCUT2D eigenvalue weighted by atomic mass is 10.1. The standard InChI is InChI=1S/C21H20ClN3O5S3/c1-2-30-20(27)18-17(13-7-4-3-5-8-13)23-21(32-18)24-19(26)14-9-6-12-25(14)33(28,29)16-11-10-15(22)31-16/h3-5,7-8,10-11,14H,2,6,9,12H2,1H3,(H,23,24,26). The van der Waals surface area contributed by atoms with Crippen molar-refractivity contribution in [1.82, 2.24) is 9.29 Å². The fourth-order valence-electron chi connectivity index (χ4n) is 3.53. The molecule has 0 spiro atoms. The number of hydrogen-bond acceptors (Lipinski definition) is 8. The highest BCUT2D eigenvalue weighted by atomic mass is 35.5. The van der Waals surface area contributed by atoms with Crippen LogP contribution >= 0.6 is 34.3 Å². The van der Waals surface area contributed by atoms with Crippen molar-refractivity contribution in [2.75, 3.05) is 18.5 Å². The lowest BCUT2D eigenvalue weighted by molar-refractivity contribution is -0.119. The molecule has 0 radical (unpaired) electrons. The number of nitrogens with one attached hydrogen (secondary N) is 1. The number of anilines is 1. The molecule has 0 saturated carbocycles. The zero-order valence-electron chi connectivity index (χ0n) is 17.5. The summed E-state index contributed by atoms with van der Waals surface area (Å²) in [5.74, 6) is -1.03. The third kappa shape index (κ3) is 4.97. The van der Waals surface area contributed by atoms with Gasteiger partial charge in [-0.15, -0.1) is 11.3 Å². The molecule has 1 N–H and O–H groups in total. The van der Waals surface area contributed by atoms with Crippen LogP contribution in [0.5, 0.6) is 0 Å². The van der Waals surface area contributed by atoms with Gasteiger partial charge in [0.15, 0.2) is 5.13 Å². The van der Waals surface area contributed by atoms with Crippen LogP contribution in [0.25, 0.3) is 11.3 Å². The van der Waals surface area contributed by atoms with Crippen LogP contribution in [0.4, 0.5) is 5.13 Å². The molecular formula is C21H20ClN3O5S3. The normalized spacial score (nSPS) is 16.6. The Kier molecular flexibility index (Phi) is 7.15. The number of sulfonamides is 1. The van der Waals surface area contributed by atoms with Crippen molar-refractivity contribution in [2.45, 2.75) is 30.0 Å². The molecule has 8 nitrogen and oxygen atoms in total. The Hall–Kier alpha value is -2.31. The van der Waals surface area contributed by atoms with Crippen molar-refractivity contribution in [3.05, 3.63) is 51.7 Å². The van der Waals surface area contributed by atoms with Crippen LogP contribution < -0.4 is 5.32 Å². The van der Waals surface area contributed by atoms with Gasteiger partial charge in [0.05, 0.1) is 16.6 Å². The largest absolute Gasteiger partial charge is 0.462 e. The topological polar surface area (TPSA) is 106 Å². The molecule has 33 heavy (non-hydrogen) atoms. The number of carbonyl (C=O) groups is 2. The summed E-state index contributed by atoms with van der Waals surface area (Å²) in [6.45, 7) is 2.14. The van der Waals surface area contributed by atoms with E-state index >= 15 is 0 Å². The van der Waals surface area contributed by atoms with E-state index < -0.39 is 27.9 Å². The zero-order valence-corrected chi connectivity index (χ0v) is 20.7.